The van der Waals surface area contributed by atoms with Crippen LogP contribution in [0.15, 0.2) is 76.1 Å². The van der Waals surface area contributed by atoms with Crippen LogP contribution in [0.3, 0.4) is 0 Å². The minimum atomic E-state index is -0.225. The van der Waals surface area contributed by atoms with Crippen LogP contribution in [0.5, 0.6) is 11.5 Å². The van der Waals surface area contributed by atoms with Gasteiger partial charge in [-0.15, -0.1) is 0 Å². The molecule has 110 valence electrons. The zero-order valence-electron chi connectivity index (χ0n) is 11.6. The second-order valence-corrected chi connectivity index (χ2v) is 5.48. The second kappa shape index (κ2) is 6.58. The van der Waals surface area contributed by atoms with Crippen LogP contribution in [-0.4, -0.2) is 9.78 Å². The summed E-state index contributed by atoms with van der Waals surface area (Å²) in [6.45, 7) is 0.421. The van der Waals surface area contributed by atoms with Gasteiger partial charge in [0.15, 0.2) is 5.75 Å². The Morgan fingerprint density at radius 2 is 1.64 bits per heavy atom. The highest BCUT2D eigenvalue weighted by molar-refractivity contribution is 9.10. The van der Waals surface area contributed by atoms with Gasteiger partial charge >= 0.3 is 0 Å². The van der Waals surface area contributed by atoms with Crippen molar-refractivity contribution in [3.63, 3.8) is 0 Å². The zero-order chi connectivity index (χ0) is 15.4. The average Bonchev–Trinajstić information content (AvgIpc) is 2.56. The van der Waals surface area contributed by atoms with Crippen molar-refractivity contribution in [2.75, 3.05) is 0 Å². The molecule has 2 aromatic carbocycles. The van der Waals surface area contributed by atoms with Crippen molar-refractivity contribution < 1.29 is 4.74 Å². The lowest BCUT2D eigenvalue weighted by molar-refractivity contribution is 0.466. The highest BCUT2D eigenvalue weighted by atomic mass is 79.9. The van der Waals surface area contributed by atoms with E-state index in [1.807, 2.05) is 60.7 Å². The Labute approximate surface area is 136 Å². The van der Waals surface area contributed by atoms with Crippen LogP contribution >= 0.6 is 15.9 Å². The maximum atomic E-state index is 12.4. The van der Waals surface area contributed by atoms with Gasteiger partial charge in [0.2, 0.25) is 0 Å². The molecular formula is C17H13BrN2O2. The predicted molar refractivity (Wildman–Crippen MR) is 88.3 cm³/mol. The monoisotopic (exact) mass is 356 g/mol. The first-order valence-electron chi connectivity index (χ1n) is 6.76. The van der Waals surface area contributed by atoms with E-state index in [-0.39, 0.29) is 5.56 Å². The van der Waals surface area contributed by atoms with Crippen LogP contribution in [0, 0.1) is 0 Å². The van der Waals surface area contributed by atoms with Gasteiger partial charge in [-0.1, -0.05) is 48.5 Å². The fraction of sp³-hybridized carbons (Fsp3) is 0.0588. The summed E-state index contributed by atoms with van der Waals surface area (Å²) in [7, 11) is 0. The van der Waals surface area contributed by atoms with Gasteiger partial charge in [-0.2, -0.15) is 5.10 Å². The molecule has 0 radical (unpaired) electrons. The van der Waals surface area contributed by atoms with Gasteiger partial charge in [0.1, 0.15) is 10.2 Å². The minimum absolute atomic E-state index is 0.225. The van der Waals surface area contributed by atoms with E-state index in [2.05, 4.69) is 21.0 Å². The topological polar surface area (TPSA) is 44.1 Å². The summed E-state index contributed by atoms with van der Waals surface area (Å²) in [6, 6.07) is 19.0. The van der Waals surface area contributed by atoms with Crippen molar-refractivity contribution in [3.8, 4) is 11.5 Å². The lowest BCUT2D eigenvalue weighted by Crippen LogP contribution is -2.24. The Bertz CT molecular complexity index is 817. The van der Waals surface area contributed by atoms with Crippen molar-refractivity contribution in [1.29, 1.82) is 0 Å². The predicted octanol–water partition coefficient (Wildman–Crippen LogP) is 3.85. The normalized spacial score (nSPS) is 10.4. The maximum Gasteiger partial charge on any atom is 0.285 e. The summed E-state index contributed by atoms with van der Waals surface area (Å²) < 4.78 is 7.44. The van der Waals surface area contributed by atoms with E-state index in [1.54, 1.807) is 6.20 Å². The average molecular weight is 357 g/mol. The summed E-state index contributed by atoms with van der Waals surface area (Å²) in [6.07, 6.45) is 1.54. The fourth-order valence-corrected chi connectivity index (χ4v) is 2.39. The van der Waals surface area contributed by atoms with E-state index >= 15 is 0 Å². The van der Waals surface area contributed by atoms with E-state index in [0.29, 0.717) is 22.5 Å². The number of rotatable bonds is 4. The fourth-order valence-electron chi connectivity index (χ4n) is 2.01. The Morgan fingerprint density at radius 3 is 2.32 bits per heavy atom. The molecule has 4 nitrogen and oxygen atoms in total. The molecule has 0 N–H and O–H groups in total. The third-order valence-electron chi connectivity index (χ3n) is 3.10. The number of nitrogens with zero attached hydrogens (tertiary/aromatic N) is 2. The standard InChI is InChI=1S/C17H13BrN2O2/c18-16-15(22-14-9-5-2-6-10-14)11-19-20(17(16)21)12-13-7-3-1-4-8-13/h1-11H,12H2. The Balaban J connectivity index is 1.87. The zero-order valence-corrected chi connectivity index (χ0v) is 13.2. The highest BCUT2D eigenvalue weighted by Gasteiger charge is 2.11. The minimum Gasteiger partial charge on any atom is -0.454 e. The Kier molecular flexibility index (Phi) is 4.34. The van der Waals surface area contributed by atoms with E-state index in [4.69, 9.17) is 4.74 Å². The van der Waals surface area contributed by atoms with Gasteiger partial charge in [0.25, 0.3) is 5.56 Å². The van der Waals surface area contributed by atoms with Gasteiger partial charge in [-0.05, 0) is 33.6 Å². The van der Waals surface area contributed by atoms with E-state index in [9.17, 15) is 4.79 Å². The van der Waals surface area contributed by atoms with Crippen LogP contribution in [0.2, 0.25) is 0 Å². The molecule has 1 heterocycles. The second-order valence-electron chi connectivity index (χ2n) is 4.69. The lowest BCUT2D eigenvalue weighted by atomic mass is 10.2. The Morgan fingerprint density at radius 1 is 1.00 bits per heavy atom. The number of para-hydroxylation sites is 1. The first-order chi connectivity index (χ1) is 10.7. The van der Waals surface area contributed by atoms with Crippen molar-refractivity contribution in [3.05, 3.63) is 87.3 Å². The first-order valence-corrected chi connectivity index (χ1v) is 7.56. The SMILES string of the molecule is O=c1c(Br)c(Oc2ccccc2)cnn1Cc1ccccc1. The summed E-state index contributed by atoms with van der Waals surface area (Å²) in [4.78, 5) is 12.4. The largest absolute Gasteiger partial charge is 0.454 e. The van der Waals surface area contributed by atoms with Crippen molar-refractivity contribution in [2.45, 2.75) is 6.54 Å². The molecule has 3 aromatic rings. The molecular weight excluding hydrogens is 344 g/mol. The van der Waals surface area contributed by atoms with Gasteiger partial charge < -0.3 is 4.74 Å². The number of benzene rings is 2. The molecule has 1 aromatic heterocycles. The smallest absolute Gasteiger partial charge is 0.285 e. The van der Waals surface area contributed by atoms with Gasteiger partial charge in [-0.3, -0.25) is 4.79 Å². The summed E-state index contributed by atoms with van der Waals surface area (Å²) in [5.41, 5.74) is 0.790. The number of aromatic nitrogens is 2. The van der Waals surface area contributed by atoms with Crippen LogP contribution < -0.4 is 10.3 Å². The van der Waals surface area contributed by atoms with Crippen LogP contribution in [0.1, 0.15) is 5.56 Å². The van der Waals surface area contributed by atoms with E-state index < -0.39 is 0 Å². The van der Waals surface area contributed by atoms with Crippen LogP contribution in [-0.2, 0) is 6.54 Å². The van der Waals surface area contributed by atoms with Crippen molar-refractivity contribution in [1.82, 2.24) is 9.78 Å². The number of hydrogen-bond donors (Lipinski definition) is 0. The number of hydrogen-bond acceptors (Lipinski definition) is 3. The van der Waals surface area contributed by atoms with Crippen molar-refractivity contribution >= 4 is 15.9 Å². The molecule has 0 saturated heterocycles. The first kappa shape index (κ1) is 14.5. The van der Waals surface area contributed by atoms with E-state index in [0.717, 1.165) is 5.56 Å². The molecule has 0 aliphatic rings. The molecule has 22 heavy (non-hydrogen) atoms. The van der Waals surface area contributed by atoms with Gasteiger partial charge in [0, 0.05) is 0 Å². The molecule has 5 heteroatoms. The van der Waals surface area contributed by atoms with E-state index in [1.165, 1.54) is 4.68 Å². The highest BCUT2D eigenvalue weighted by Crippen LogP contribution is 2.25. The van der Waals surface area contributed by atoms with Crippen molar-refractivity contribution in [2.24, 2.45) is 0 Å². The lowest BCUT2D eigenvalue weighted by Gasteiger charge is -2.09. The quantitative estimate of drug-likeness (QED) is 0.713. The number of halogens is 1. The van der Waals surface area contributed by atoms with Gasteiger partial charge in [0.05, 0.1) is 12.7 Å². The van der Waals surface area contributed by atoms with Crippen LogP contribution in [0.25, 0.3) is 0 Å². The molecule has 0 aliphatic carbocycles. The molecule has 0 saturated carbocycles. The summed E-state index contributed by atoms with van der Waals surface area (Å²) >= 11 is 3.30. The molecule has 0 fully saturated rings. The summed E-state index contributed by atoms with van der Waals surface area (Å²) in [5, 5.41) is 4.18. The number of ether oxygens (including phenoxy) is 1. The maximum absolute atomic E-state index is 12.4. The molecule has 0 amide bonds. The third-order valence-corrected chi connectivity index (χ3v) is 3.83. The summed E-state index contributed by atoms with van der Waals surface area (Å²) in [5.74, 6) is 1.06. The molecule has 0 bridgehead atoms. The molecule has 0 atom stereocenters. The third kappa shape index (κ3) is 3.26. The molecule has 0 aliphatic heterocycles. The van der Waals surface area contributed by atoms with Crippen LogP contribution in [0.4, 0.5) is 0 Å². The Hall–Kier alpha value is -2.40. The molecule has 0 unspecified atom stereocenters. The molecule has 0 spiro atoms. The molecule has 3 rings (SSSR count). The van der Waals surface area contributed by atoms with Gasteiger partial charge in [-0.25, -0.2) is 4.68 Å².